The van der Waals surface area contributed by atoms with E-state index < -0.39 is 22.3 Å². The van der Waals surface area contributed by atoms with E-state index in [4.69, 9.17) is 9.52 Å². The van der Waals surface area contributed by atoms with Crippen molar-refractivity contribution in [2.45, 2.75) is 6.54 Å². The molecule has 2 aromatic heterocycles. The first kappa shape index (κ1) is 12.6. The molecule has 2 heterocycles. The van der Waals surface area contributed by atoms with Gasteiger partial charge in [0.15, 0.2) is 0 Å². The van der Waals surface area contributed by atoms with E-state index in [1.54, 1.807) is 0 Å². The number of carbonyl (C=O) groups is 1. The SMILES string of the molecule is O=C(O)c1ccc(=O)n(Cc2ccc([N+](=O)[O-])o2)c1. The van der Waals surface area contributed by atoms with Gasteiger partial charge < -0.3 is 14.1 Å². The molecule has 98 valence electrons. The number of carboxylic acid groups (broad SMARTS) is 1. The normalized spacial score (nSPS) is 10.3. The van der Waals surface area contributed by atoms with E-state index in [0.29, 0.717) is 0 Å². The number of pyridine rings is 1. The van der Waals surface area contributed by atoms with Crippen molar-refractivity contribution in [2.24, 2.45) is 0 Å². The molecule has 0 aliphatic rings. The summed E-state index contributed by atoms with van der Waals surface area (Å²) in [4.78, 5) is 32.1. The quantitative estimate of drug-likeness (QED) is 0.652. The molecular formula is C11H8N2O6. The van der Waals surface area contributed by atoms with Gasteiger partial charge in [0.05, 0.1) is 18.2 Å². The maximum Gasteiger partial charge on any atom is 0.433 e. The molecule has 0 unspecified atom stereocenters. The van der Waals surface area contributed by atoms with E-state index in [1.165, 1.54) is 18.2 Å². The standard InChI is InChI=1S/C11H8N2O6/c14-9-3-1-7(11(15)16)5-12(9)6-8-2-4-10(19-8)13(17)18/h1-5H,6H2,(H,15,16). The lowest BCUT2D eigenvalue weighted by atomic mass is 10.3. The molecule has 0 fully saturated rings. The number of hydrogen-bond acceptors (Lipinski definition) is 5. The van der Waals surface area contributed by atoms with Crippen molar-refractivity contribution in [3.8, 4) is 0 Å². The van der Waals surface area contributed by atoms with Gasteiger partial charge >= 0.3 is 11.9 Å². The second-order valence-corrected chi connectivity index (χ2v) is 3.69. The van der Waals surface area contributed by atoms with Crippen molar-refractivity contribution in [3.05, 3.63) is 62.3 Å². The van der Waals surface area contributed by atoms with Crippen LogP contribution in [-0.4, -0.2) is 20.6 Å². The van der Waals surface area contributed by atoms with Crippen molar-refractivity contribution < 1.29 is 19.2 Å². The summed E-state index contributed by atoms with van der Waals surface area (Å²) in [6.45, 7) is -0.0756. The van der Waals surface area contributed by atoms with Gasteiger partial charge in [0.25, 0.3) is 5.56 Å². The minimum atomic E-state index is -1.17. The summed E-state index contributed by atoms with van der Waals surface area (Å²) in [5, 5.41) is 19.3. The zero-order valence-electron chi connectivity index (χ0n) is 9.48. The fourth-order valence-corrected chi connectivity index (χ4v) is 1.50. The average molecular weight is 264 g/mol. The Morgan fingerprint density at radius 2 is 2.11 bits per heavy atom. The topological polar surface area (TPSA) is 116 Å². The van der Waals surface area contributed by atoms with Crippen molar-refractivity contribution in [2.75, 3.05) is 0 Å². The van der Waals surface area contributed by atoms with Crippen LogP contribution in [0.1, 0.15) is 16.1 Å². The zero-order chi connectivity index (χ0) is 14.0. The maximum absolute atomic E-state index is 11.5. The third kappa shape index (κ3) is 2.68. The highest BCUT2D eigenvalue weighted by Crippen LogP contribution is 2.16. The fraction of sp³-hybridized carbons (Fsp3) is 0.0909. The Hall–Kier alpha value is -2.90. The largest absolute Gasteiger partial charge is 0.478 e. The fourth-order valence-electron chi connectivity index (χ4n) is 1.50. The van der Waals surface area contributed by atoms with E-state index in [2.05, 4.69) is 0 Å². The first-order chi connectivity index (χ1) is 8.97. The average Bonchev–Trinajstić information content (AvgIpc) is 2.80. The van der Waals surface area contributed by atoms with Gasteiger partial charge in [-0.3, -0.25) is 14.9 Å². The van der Waals surface area contributed by atoms with Crippen LogP contribution < -0.4 is 5.56 Å². The maximum atomic E-state index is 11.5. The van der Waals surface area contributed by atoms with Crippen molar-refractivity contribution in [3.63, 3.8) is 0 Å². The molecule has 0 spiro atoms. The van der Waals surface area contributed by atoms with Crippen LogP contribution in [-0.2, 0) is 6.54 Å². The number of hydrogen-bond donors (Lipinski definition) is 1. The molecule has 1 N–H and O–H groups in total. The lowest BCUT2D eigenvalue weighted by Crippen LogP contribution is -2.20. The molecular weight excluding hydrogens is 256 g/mol. The van der Waals surface area contributed by atoms with E-state index in [1.807, 2.05) is 0 Å². The number of carboxylic acids is 1. The van der Waals surface area contributed by atoms with Crippen molar-refractivity contribution >= 4 is 11.9 Å². The van der Waals surface area contributed by atoms with E-state index in [-0.39, 0.29) is 17.9 Å². The highest BCUT2D eigenvalue weighted by atomic mass is 16.6. The first-order valence-electron chi connectivity index (χ1n) is 5.14. The Bertz CT molecular complexity index is 699. The van der Waals surface area contributed by atoms with Gasteiger partial charge in [-0.2, -0.15) is 0 Å². The molecule has 19 heavy (non-hydrogen) atoms. The summed E-state index contributed by atoms with van der Waals surface area (Å²) in [6.07, 6.45) is 1.15. The molecule has 0 bridgehead atoms. The van der Waals surface area contributed by atoms with Gasteiger partial charge in [0, 0.05) is 12.3 Å². The van der Waals surface area contributed by atoms with Gasteiger partial charge in [-0.15, -0.1) is 0 Å². The second kappa shape index (κ2) is 4.77. The Morgan fingerprint density at radius 1 is 1.37 bits per heavy atom. The smallest absolute Gasteiger partial charge is 0.433 e. The minimum absolute atomic E-state index is 0.0549. The molecule has 0 saturated carbocycles. The molecule has 8 nitrogen and oxygen atoms in total. The number of furan rings is 1. The summed E-state index contributed by atoms with van der Waals surface area (Å²) in [6, 6.07) is 4.83. The molecule has 0 amide bonds. The first-order valence-corrected chi connectivity index (χ1v) is 5.14. The second-order valence-electron chi connectivity index (χ2n) is 3.69. The van der Waals surface area contributed by atoms with Crippen LogP contribution in [0.25, 0.3) is 0 Å². The highest BCUT2D eigenvalue weighted by molar-refractivity contribution is 5.87. The monoisotopic (exact) mass is 264 g/mol. The summed E-state index contributed by atoms with van der Waals surface area (Å²) >= 11 is 0. The van der Waals surface area contributed by atoms with Crippen LogP contribution in [0.3, 0.4) is 0 Å². The summed E-state index contributed by atoms with van der Waals surface area (Å²) in [5.74, 6) is -1.41. The van der Waals surface area contributed by atoms with Crippen molar-refractivity contribution in [1.29, 1.82) is 0 Å². The van der Waals surface area contributed by atoms with Gasteiger partial charge in [-0.1, -0.05) is 0 Å². The third-order valence-corrected chi connectivity index (χ3v) is 2.38. The van der Waals surface area contributed by atoms with E-state index in [0.717, 1.165) is 16.8 Å². The number of nitrogens with zero attached hydrogens (tertiary/aromatic N) is 2. The van der Waals surface area contributed by atoms with Gasteiger partial charge in [-0.05, 0) is 12.1 Å². The van der Waals surface area contributed by atoms with Crippen LogP contribution in [0.4, 0.5) is 5.88 Å². The molecule has 2 rings (SSSR count). The molecule has 2 aromatic rings. The summed E-state index contributed by atoms with van der Waals surface area (Å²) in [5.41, 5.74) is -0.482. The van der Waals surface area contributed by atoms with Gasteiger partial charge in [0.1, 0.15) is 10.7 Å². The van der Waals surface area contributed by atoms with Gasteiger partial charge in [0.2, 0.25) is 0 Å². The number of rotatable bonds is 4. The Labute approximate surface area is 105 Å². The predicted molar refractivity (Wildman–Crippen MR) is 62.1 cm³/mol. The zero-order valence-corrected chi connectivity index (χ0v) is 9.48. The van der Waals surface area contributed by atoms with Crippen LogP contribution in [0.15, 0.2) is 39.7 Å². The predicted octanol–water partition coefficient (Wildman–Crippen LogP) is 1.10. The molecule has 0 radical (unpaired) electrons. The number of aromatic nitrogens is 1. The molecule has 0 aliphatic heterocycles. The lowest BCUT2D eigenvalue weighted by molar-refractivity contribution is -0.402. The minimum Gasteiger partial charge on any atom is -0.478 e. The summed E-state index contributed by atoms with van der Waals surface area (Å²) in [7, 11) is 0. The molecule has 0 aromatic carbocycles. The van der Waals surface area contributed by atoms with Crippen LogP contribution in [0, 0.1) is 10.1 Å². The number of nitro groups is 1. The van der Waals surface area contributed by atoms with E-state index in [9.17, 15) is 19.7 Å². The van der Waals surface area contributed by atoms with Crippen LogP contribution in [0.2, 0.25) is 0 Å². The molecule has 0 atom stereocenters. The lowest BCUT2D eigenvalue weighted by Gasteiger charge is -2.03. The Morgan fingerprint density at radius 3 is 2.68 bits per heavy atom. The van der Waals surface area contributed by atoms with Crippen LogP contribution in [0.5, 0.6) is 0 Å². The van der Waals surface area contributed by atoms with Gasteiger partial charge in [-0.25, -0.2) is 4.79 Å². The van der Waals surface area contributed by atoms with Crippen LogP contribution >= 0.6 is 0 Å². The Balaban J connectivity index is 2.31. The molecule has 8 heteroatoms. The van der Waals surface area contributed by atoms with E-state index >= 15 is 0 Å². The third-order valence-electron chi connectivity index (χ3n) is 2.38. The number of aromatic carboxylic acids is 1. The molecule has 0 saturated heterocycles. The summed E-state index contributed by atoms with van der Waals surface area (Å²) < 4.78 is 6.00. The van der Waals surface area contributed by atoms with Crippen molar-refractivity contribution in [1.82, 2.24) is 4.57 Å². The molecule has 0 aliphatic carbocycles. The Kier molecular flexibility index (Phi) is 3.15. The highest BCUT2D eigenvalue weighted by Gasteiger charge is 2.13.